The maximum atomic E-state index is 15.4. The summed E-state index contributed by atoms with van der Waals surface area (Å²) < 4.78 is 41.5. The van der Waals surface area contributed by atoms with Crippen LogP contribution in [0.25, 0.3) is 0 Å². The number of benzene rings is 2. The fraction of sp³-hybridized carbons (Fsp3) is 0.657. The number of carbonyl (C=O) groups is 12. The van der Waals surface area contributed by atoms with Gasteiger partial charge in [-0.2, -0.15) is 13.2 Å². The van der Waals surface area contributed by atoms with Crippen LogP contribution in [-0.4, -0.2) is 251 Å². The summed E-state index contributed by atoms with van der Waals surface area (Å²) in [6, 6.07) is 0.427. The van der Waals surface area contributed by atoms with Crippen LogP contribution in [0.4, 0.5) is 13.2 Å². The lowest BCUT2D eigenvalue weighted by atomic mass is 9.91. The topological polar surface area (TPSA) is 270 Å². The van der Waals surface area contributed by atoms with Gasteiger partial charge in [-0.25, -0.2) is 0 Å². The number of alkyl halides is 3. The van der Waals surface area contributed by atoms with Crippen molar-refractivity contribution >= 4 is 94.1 Å². The number of fused-ring (bicyclic) bond motifs is 1. The second-order valence-electron chi connectivity index (χ2n) is 28.1. The summed E-state index contributed by atoms with van der Waals surface area (Å²) in [5.41, 5.74) is -1.91. The Morgan fingerprint density at radius 2 is 1.26 bits per heavy atom. The van der Waals surface area contributed by atoms with Crippen LogP contribution in [0.15, 0.2) is 42.5 Å². The first-order chi connectivity index (χ1) is 46.4. The highest BCUT2D eigenvalue weighted by Crippen LogP contribution is 2.37. The highest BCUT2D eigenvalue weighted by molar-refractivity contribution is 6.31. The van der Waals surface area contributed by atoms with Gasteiger partial charge in [-0.05, 0) is 117 Å². The van der Waals surface area contributed by atoms with Crippen LogP contribution in [0.3, 0.4) is 0 Å². The molecule has 3 aliphatic heterocycles. The molecule has 1 spiro atoms. The molecular weight excluding hydrogens is 1330 g/mol. The zero-order valence-corrected chi connectivity index (χ0v) is 61.0. The third-order valence-corrected chi connectivity index (χ3v) is 20.5. The standard InChI is InChI=1S/C70H101Cl2F3N12O12/c1-14-44(6)59-66(97)81(9)40-57(90)79(7)41-58(91)83(11)53(37-46-22-20-23-47(71)35-46)64(95)80(8)39-55(88)76-50(28-26-45-25-27-48(49(72)36-45)70(73,74)75)63(94)87-33-21-24-51(87)62(93)78-69(29-16-17-30-69)68(99)85(13)60(43(4)5)67(98)84(12)54(65(96)86-31-18-15-19-32-86)38-56(89)82(10)52(34-42(2)3)61(92)77-59/h20,22-23,25,27,35-36,42-44,50-54,59-60H,14-19,21,24,26,28-34,37-41H2,1-13H3,(H,76,88)(H,77,92)(H,78,93)/t44-,50-,51?,52-,53-,54-,59-,60-/m0/s1. The van der Waals surface area contributed by atoms with Gasteiger partial charge in [0.1, 0.15) is 47.8 Å². The summed E-state index contributed by atoms with van der Waals surface area (Å²) in [7, 11) is 9.58. The predicted molar refractivity (Wildman–Crippen MR) is 366 cm³/mol. The van der Waals surface area contributed by atoms with Crippen molar-refractivity contribution in [1.82, 2.24) is 60.0 Å². The maximum absolute atomic E-state index is 15.4. The van der Waals surface area contributed by atoms with E-state index in [0.717, 1.165) is 38.2 Å². The largest absolute Gasteiger partial charge is 0.417 e. The van der Waals surface area contributed by atoms with Gasteiger partial charge in [0.2, 0.25) is 70.9 Å². The van der Waals surface area contributed by atoms with Crippen LogP contribution >= 0.6 is 23.2 Å². The number of amides is 12. The average molecular weight is 1430 g/mol. The van der Waals surface area contributed by atoms with Crippen molar-refractivity contribution in [3.05, 3.63) is 69.2 Å². The second kappa shape index (κ2) is 35.2. The molecule has 2 aromatic carbocycles. The van der Waals surface area contributed by atoms with Gasteiger partial charge in [-0.3, -0.25) is 57.5 Å². The molecule has 6 rings (SSSR count). The molecule has 4 aliphatic rings. The number of hydrogen-bond acceptors (Lipinski definition) is 12. The summed E-state index contributed by atoms with van der Waals surface area (Å²) in [4.78, 5) is 189. The van der Waals surface area contributed by atoms with Gasteiger partial charge in [-0.15, -0.1) is 0 Å². The molecule has 1 unspecified atom stereocenters. The Morgan fingerprint density at radius 1 is 0.636 bits per heavy atom. The van der Waals surface area contributed by atoms with Crippen molar-refractivity contribution in [2.75, 3.05) is 88.6 Å². The Bertz CT molecular complexity index is 3290. The predicted octanol–water partition coefficient (Wildman–Crippen LogP) is 5.42. The Morgan fingerprint density at radius 3 is 1.86 bits per heavy atom. The lowest BCUT2D eigenvalue weighted by Crippen LogP contribution is -2.65. The second-order valence-corrected chi connectivity index (χ2v) is 29.0. The molecule has 0 aromatic heterocycles. The average Bonchev–Trinajstić information content (AvgIpc) is 1.75. The Labute approximate surface area is 589 Å². The Balaban J connectivity index is 1.43. The van der Waals surface area contributed by atoms with E-state index in [1.807, 2.05) is 20.8 Å². The number of likely N-dealkylation sites (N-methyl/N-ethyl adjacent to an activating group) is 7. The minimum Gasteiger partial charge on any atom is -0.343 e. The molecular formula is C70H101Cl2F3N12O12. The van der Waals surface area contributed by atoms with Crippen molar-refractivity contribution < 1.29 is 70.7 Å². The first-order valence-electron chi connectivity index (χ1n) is 34.3. The molecule has 12 amide bonds. The van der Waals surface area contributed by atoms with Gasteiger partial charge in [-0.1, -0.05) is 102 Å². The summed E-state index contributed by atoms with van der Waals surface area (Å²) in [6.45, 7) is 9.53. The van der Waals surface area contributed by atoms with Crippen molar-refractivity contribution in [2.45, 2.75) is 192 Å². The van der Waals surface area contributed by atoms with E-state index in [9.17, 15) is 56.3 Å². The lowest BCUT2D eigenvalue weighted by molar-refractivity contribution is -0.156. The minimum absolute atomic E-state index is 0.00589. The number of nitrogens with zero attached hydrogens (tertiary/aromatic N) is 9. The Hall–Kier alpha value is -7.55. The fourth-order valence-electron chi connectivity index (χ4n) is 13.7. The maximum Gasteiger partial charge on any atom is 0.417 e. The van der Waals surface area contributed by atoms with Crippen LogP contribution in [0, 0.1) is 17.8 Å². The molecule has 0 bridgehead atoms. The number of nitrogens with one attached hydrogen (secondary N) is 3. The number of hydrogen-bond donors (Lipinski definition) is 3. The molecule has 3 heterocycles. The van der Waals surface area contributed by atoms with E-state index in [1.165, 1.54) is 75.0 Å². The summed E-state index contributed by atoms with van der Waals surface area (Å²) >= 11 is 12.5. The molecule has 8 atom stereocenters. The summed E-state index contributed by atoms with van der Waals surface area (Å²) in [5, 5.41) is 8.31. The monoisotopic (exact) mass is 1430 g/mol. The number of rotatable bonds is 11. The van der Waals surface area contributed by atoms with E-state index < -0.39 is 173 Å². The number of piperidine rings is 1. The van der Waals surface area contributed by atoms with E-state index in [1.54, 1.807) is 49.9 Å². The molecule has 3 saturated heterocycles. The van der Waals surface area contributed by atoms with Gasteiger partial charge in [0.15, 0.2) is 0 Å². The molecule has 24 nitrogen and oxygen atoms in total. The van der Waals surface area contributed by atoms with E-state index in [4.69, 9.17) is 23.2 Å². The highest BCUT2D eigenvalue weighted by Gasteiger charge is 2.51. The molecule has 1 saturated carbocycles. The third kappa shape index (κ3) is 20.4. The van der Waals surface area contributed by atoms with Crippen molar-refractivity contribution in [1.29, 1.82) is 0 Å². The first kappa shape index (κ1) is 80.4. The van der Waals surface area contributed by atoms with Crippen LogP contribution in [0.1, 0.15) is 142 Å². The molecule has 1 aliphatic carbocycles. The van der Waals surface area contributed by atoms with Crippen molar-refractivity contribution in [3.63, 3.8) is 0 Å². The van der Waals surface area contributed by atoms with Gasteiger partial charge in [0.05, 0.1) is 36.6 Å². The quantitative estimate of drug-likeness (QED) is 0.254. The van der Waals surface area contributed by atoms with E-state index >= 15 is 14.4 Å². The van der Waals surface area contributed by atoms with Gasteiger partial charge in [0, 0.05) is 80.4 Å². The minimum atomic E-state index is -4.78. The zero-order valence-electron chi connectivity index (χ0n) is 59.5. The lowest BCUT2D eigenvalue weighted by Gasteiger charge is -2.42. The Kier molecular flexibility index (Phi) is 28.6. The van der Waals surface area contributed by atoms with Gasteiger partial charge < -0.3 is 60.0 Å². The van der Waals surface area contributed by atoms with Crippen LogP contribution in [0.2, 0.25) is 10.0 Å². The summed E-state index contributed by atoms with van der Waals surface area (Å²) in [6.07, 6.45) is -1.48. The highest BCUT2D eigenvalue weighted by atomic mass is 35.5. The number of carbonyl (C=O) groups excluding carboxylic acids is 12. The molecule has 4 fully saturated rings. The fourth-order valence-corrected chi connectivity index (χ4v) is 14.3. The normalized spacial score (nSPS) is 24.9. The van der Waals surface area contributed by atoms with E-state index in [0.29, 0.717) is 62.2 Å². The number of halogens is 5. The van der Waals surface area contributed by atoms with Crippen molar-refractivity contribution in [3.8, 4) is 0 Å². The van der Waals surface area contributed by atoms with Gasteiger partial charge >= 0.3 is 6.18 Å². The number of likely N-dealkylation sites (tertiary alicyclic amines) is 1. The van der Waals surface area contributed by atoms with Crippen LogP contribution in [0.5, 0.6) is 0 Å². The van der Waals surface area contributed by atoms with Crippen LogP contribution < -0.4 is 16.0 Å². The van der Waals surface area contributed by atoms with Crippen LogP contribution in [-0.2, 0) is 76.6 Å². The molecule has 548 valence electrons. The van der Waals surface area contributed by atoms with Gasteiger partial charge in [0.25, 0.3) is 0 Å². The van der Waals surface area contributed by atoms with E-state index in [2.05, 4.69) is 16.0 Å². The molecule has 3 N–H and O–H groups in total. The molecule has 29 heteroatoms. The molecule has 0 radical (unpaired) electrons. The molecule has 99 heavy (non-hydrogen) atoms. The third-order valence-electron chi connectivity index (χ3n) is 19.9. The van der Waals surface area contributed by atoms with E-state index in [-0.39, 0.29) is 63.0 Å². The molecule has 2 aromatic rings. The first-order valence-corrected chi connectivity index (χ1v) is 35.1. The smallest absolute Gasteiger partial charge is 0.343 e. The zero-order chi connectivity index (χ0) is 73.7. The summed E-state index contributed by atoms with van der Waals surface area (Å²) in [5.74, 6) is -9.71. The number of aryl methyl sites for hydroxylation is 1. The SMILES string of the molecule is CC[C@H](C)[C@@H]1NC(=O)[C@H](CC(C)C)N(C)C(=O)C[C@@H](C(=O)N2CCCCC2)N(C)C(=O)[C@H](C(C)C)N(C)C(=O)C2(CCCC2)NC(=O)C2CCCN2C(=O)[C@H](CCc2ccc(C(F)(F)F)c(Cl)c2)NC(=O)CN(C)C(=O)[C@H](Cc2cccc(Cl)c2)N(C)C(=O)CN(C)C(=O)CN(C)C1=O. The van der Waals surface area contributed by atoms with Crippen molar-refractivity contribution in [2.24, 2.45) is 17.8 Å².